The van der Waals surface area contributed by atoms with Crippen LogP contribution in [0.25, 0.3) is 0 Å². The minimum atomic E-state index is -0.503. The van der Waals surface area contributed by atoms with Gasteiger partial charge < -0.3 is 24.0 Å². The second-order valence-corrected chi connectivity index (χ2v) is 10.1. The Kier molecular flexibility index (Phi) is 8.62. The zero-order chi connectivity index (χ0) is 24.9. The van der Waals surface area contributed by atoms with Gasteiger partial charge >= 0.3 is 6.09 Å². The molecule has 0 aliphatic carbocycles. The minimum absolute atomic E-state index is 0.0364. The van der Waals surface area contributed by atoms with Crippen molar-refractivity contribution in [3.05, 3.63) is 24.0 Å². The molecule has 9 heteroatoms. The van der Waals surface area contributed by atoms with Crippen LogP contribution in [-0.4, -0.2) is 107 Å². The van der Waals surface area contributed by atoms with E-state index in [2.05, 4.69) is 9.47 Å². The predicted molar refractivity (Wildman–Crippen MR) is 131 cm³/mol. The van der Waals surface area contributed by atoms with Crippen LogP contribution in [0.1, 0.15) is 64.0 Å². The number of carbonyl (C=O) groups is 3. The minimum Gasteiger partial charge on any atom is -0.444 e. The lowest BCUT2D eigenvalue weighted by Gasteiger charge is -2.37. The van der Waals surface area contributed by atoms with Crippen molar-refractivity contribution in [3.8, 4) is 0 Å². The summed E-state index contributed by atoms with van der Waals surface area (Å²) in [5.74, 6) is 0.186. The van der Waals surface area contributed by atoms with Crippen LogP contribution < -0.4 is 0 Å². The van der Waals surface area contributed by atoms with E-state index in [1.54, 1.807) is 4.90 Å². The van der Waals surface area contributed by atoms with Crippen LogP contribution in [0.4, 0.5) is 4.79 Å². The summed E-state index contributed by atoms with van der Waals surface area (Å²) in [4.78, 5) is 45.7. The maximum atomic E-state index is 13.3. The van der Waals surface area contributed by atoms with Crippen LogP contribution >= 0.6 is 0 Å². The zero-order valence-corrected chi connectivity index (χ0v) is 21.5. The van der Waals surface area contributed by atoms with E-state index in [-0.39, 0.29) is 23.9 Å². The van der Waals surface area contributed by atoms with Gasteiger partial charge in [-0.25, -0.2) is 4.79 Å². The van der Waals surface area contributed by atoms with E-state index in [0.29, 0.717) is 51.5 Å². The molecule has 190 valence electrons. The van der Waals surface area contributed by atoms with Gasteiger partial charge in [0.05, 0.1) is 6.54 Å². The molecule has 0 N–H and O–H groups in total. The van der Waals surface area contributed by atoms with Crippen LogP contribution in [0, 0.1) is 0 Å². The topological polar surface area (TPSA) is 78.3 Å². The first-order valence-electron chi connectivity index (χ1n) is 12.6. The lowest BCUT2D eigenvalue weighted by atomic mass is 10.0. The van der Waals surface area contributed by atoms with Gasteiger partial charge in [0.2, 0.25) is 5.91 Å². The summed E-state index contributed by atoms with van der Waals surface area (Å²) in [6.45, 7) is 15.3. The molecule has 9 nitrogen and oxygen atoms in total. The Labute approximate surface area is 203 Å². The molecule has 0 radical (unpaired) electrons. The molecule has 0 aromatic carbocycles. The fraction of sp³-hybridized carbons (Fsp3) is 0.720. The molecule has 0 saturated carbocycles. The van der Waals surface area contributed by atoms with Crippen LogP contribution in [0.3, 0.4) is 0 Å². The SMILES string of the molecule is CCN(CC)C(=O)CN1CCN(C(=O)c2cccn2C2CCN(C(=O)OC(C)(C)C)CC2)CC1. The van der Waals surface area contributed by atoms with E-state index in [1.807, 2.05) is 62.7 Å². The summed E-state index contributed by atoms with van der Waals surface area (Å²) >= 11 is 0. The number of piperidine rings is 1. The molecule has 0 bridgehead atoms. The lowest BCUT2D eigenvalue weighted by molar-refractivity contribution is -0.132. The number of aromatic nitrogens is 1. The van der Waals surface area contributed by atoms with Gasteiger partial charge in [-0.1, -0.05) is 0 Å². The maximum Gasteiger partial charge on any atom is 0.410 e. The summed E-state index contributed by atoms with van der Waals surface area (Å²) in [5, 5.41) is 0. The molecule has 2 aliphatic rings. The van der Waals surface area contributed by atoms with E-state index in [9.17, 15) is 14.4 Å². The van der Waals surface area contributed by atoms with Gasteiger partial charge in [0.1, 0.15) is 11.3 Å². The van der Waals surface area contributed by atoms with Crippen molar-refractivity contribution in [1.29, 1.82) is 0 Å². The van der Waals surface area contributed by atoms with Crippen molar-refractivity contribution in [3.63, 3.8) is 0 Å². The zero-order valence-electron chi connectivity index (χ0n) is 21.5. The first-order valence-corrected chi connectivity index (χ1v) is 12.6. The van der Waals surface area contributed by atoms with E-state index < -0.39 is 5.60 Å². The van der Waals surface area contributed by atoms with Gasteiger partial charge in [0.15, 0.2) is 0 Å². The molecule has 0 unspecified atom stereocenters. The third kappa shape index (κ3) is 6.52. The monoisotopic (exact) mass is 475 g/mol. The van der Waals surface area contributed by atoms with E-state index in [4.69, 9.17) is 4.74 Å². The number of ether oxygens (including phenoxy) is 1. The summed E-state index contributed by atoms with van der Waals surface area (Å²) in [6.07, 6.45) is 3.28. The Morgan fingerprint density at radius 2 is 1.59 bits per heavy atom. The normalized spacial score (nSPS) is 18.1. The number of hydrogen-bond acceptors (Lipinski definition) is 5. The molecule has 2 fully saturated rings. The molecule has 2 saturated heterocycles. The lowest BCUT2D eigenvalue weighted by Crippen LogP contribution is -2.52. The van der Waals surface area contributed by atoms with Crippen molar-refractivity contribution < 1.29 is 19.1 Å². The van der Waals surface area contributed by atoms with Crippen LogP contribution in [0.5, 0.6) is 0 Å². The second-order valence-electron chi connectivity index (χ2n) is 10.1. The van der Waals surface area contributed by atoms with Gasteiger partial charge in [-0.15, -0.1) is 0 Å². The molecule has 3 heterocycles. The van der Waals surface area contributed by atoms with Gasteiger partial charge in [-0.05, 0) is 59.6 Å². The first kappa shape index (κ1) is 26.1. The average Bonchev–Trinajstić information content (AvgIpc) is 3.29. The fourth-order valence-electron chi connectivity index (χ4n) is 4.69. The van der Waals surface area contributed by atoms with Gasteiger partial charge in [0.25, 0.3) is 5.91 Å². The van der Waals surface area contributed by atoms with Crippen molar-refractivity contribution in [2.24, 2.45) is 0 Å². The number of hydrogen-bond donors (Lipinski definition) is 0. The van der Waals surface area contributed by atoms with Gasteiger partial charge in [-0.3, -0.25) is 14.5 Å². The molecule has 34 heavy (non-hydrogen) atoms. The standard InChI is InChI=1S/C25H41N5O4/c1-6-27(7-2)22(31)19-26-15-17-28(18-16-26)23(32)21-9-8-12-30(21)20-10-13-29(14-11-20)24(33)34-25(3,4)5/h8-9,12,20H,6-7,10-11,13-19H2,1-5H3. The van der Waals surface area contributed by atoms with Crippen molar-refractivity contribution in [1.82, 2.24) is 24.2 Å². The van der Waals surface area contributed by atoms with E-state index in [1.165, 1.54) is 0 Å². The van der Waals surface area contributed by atoms with Crippen molar-refractivity contribution in [2.75, 3.05) is 58.9 Å². The fourth-order valence-corrected chi connectivity index (χ4v) is 4.69. The number of amides is 3. The highest BCUT2D eigenvalue weighted by Crippen LogP contribution is 2.26. The van der Waals surface area contributed by atoms with Crippen LogP contribution in [0.2, 0.25) is 0 Å². The van der Waals surface area contributed by atoms with Crippen LogP contribution in [-0.2, 0) is 9.53 Å². The Bertz CT molecular complexity index is 842. The third-order valence-corrected chi connectivity index (χ3v) is 6.64. The highest BCUT2D eigenvalue weighted by molar-refractivity contribution is 5.93. The summed E-state index contributed by atoms with van der Waals surface area (Å²) in [7, 11) is 0. The second kappa shape index (κ2) is 11.3. The first-order chi connectivity index (χ1) is 16.1. The Morgan fingerprint density at radius 1 is 0.971 bits per heavy atom. The summed E-state index contributed by atoms with van der Waals surface area (Å²) < 4.78 is 7.57. The van der Waals surface area contributed by atoms with E-state index in [0.717, 1.165) is 25.9 Å². The highest BCUT2D eigenvalue weighted by atomic mass is 16.6. The van der Waals surface area contributed by atoms with Crippen molar-refractivity contribution >= 4 is 17.9 Å². The Morgan fingerprint density at radius 3 is 2.15 bits per heavy atom. The number of nitrogens with zero attached hydrogens (tertiary/aromatic N) is 5. The smallest absolute Gasteiger partial charge is 0.410 e. The molecule has 1 aromatic rings. The Balaban J connectivity index is 1.53. The molecule has 0 spiro atoms. The summed E-state index contributed by atoms with van der Waals surface area (Å²) in [6, 6.07) is 3.99. The average molecular weight is 476 g/mol. The molecular weight excluding hydrogens is 434 g/mol. The molecule has 3 amide bonds. The molecule has 1 aromatic heterocycles. The molecule has 0 atom stereocenters. The number of piperazine rings is 1. The number of likely N-dealkylation sites (N-methyl/N-ethyl adjacent to an activating group) is 1. The molecule has 3 rings (SSSR count). The largest absolute Gasteiger partial charge is 0.444 e. The number of carbonyl (C=O) groups excluding carboxylic acids is 3. The summed E-state index contributed by atoms with van der Waals surface area (Å²) in [5.41, 5.74) is 0.194. The predicted octanol–water partition coefficient (Wildman–Crippen LogP) is 2.69. The highest BCUT2D eigenvalue weighted by Gasteiger charge is 2.30. The van der Waals surface area contributed by atoms with Gasteiger partial charge in [0, 0.05) is 64.6 Å². The number of likely N-dealkylation sites (tertiary alicyclic amines) is 1. The Hall–Kier alpha value is -2.55. The van der Waals surface area contributed by atoms with E-state index >= 15 is 0 Å². The van der Waals surface area contributed by atoms with Crippen molar-refractivity contribution in [2.45, 2.75) is 59.1 Å². The maximum absolute atomic E-state index is 13.3. The quantitative estimate of drug-likeness (QED) is 0.632. The van der Waals surface area contributed by atoms with Gasteiger partial charge in [-0.2, -0.15) is 0 Å². The molecular formula is C25H41N5O4. The number of rotatable bonds is 6. The third-order valence-electron chi connectivity index (χ3n) is 6.64. The molecule has 2 aliphatic heterocycles. The van der Waals surface area contributed by atoms with Crippen LogP contribution in [0.15, 0.2) is 18.3 Å².